The fourth-order valence-corrected chi connectivity index (χ4v) is 5.57. The van der Waals surface area contributed by atoms with Gasteiger partial charge in [-0.1, -0.05) is 6.08 Å². The summed E-state index contributed by atoms with van der Waals surface area (Å²) in [6.07, 6.45) is 7.17. The Balaban J connectivity index is 1.58. The van der Waals surface area contributed by atoms with Gasteiger partial charge in [0.2, 0.25) is 5.95 Å². The molecule has 0 amide bonds. The van der Waals surface area contributed by atoms with Crippen LogP contribution in [0.3, 0.4) is 0 Å². The minimum Gasteiger partial charge on any atom is -0.396 e. The molecule has 1 unspecified atom stereocenters. The minimum absolute atomic E-state index is 0.0644. The van der Waals surface area contributed by atoms with Gasteiger partial charge in [-0.15, -0.1) is 0 Å². The zero-order valence-corrected chi connectivity index (χ0v) is 20.5. The lowest BCUT2D eigenvalue weighted by Gasteiger charge is -2.31. The normalized spacial score (nSPS) is 21.4. The monoisotopic (exact) mass is 488 g/mol. The number of sulfone groups is 1. The predicted molar refractivity (Wildman–Crippen MR) is 134 cm³/mol. The van der Waals surface area contributed by atoms with Gasteiger partial charge in [-0.25, -0.2) is 18.4 Å². The molecular formula is C23H32N6O4S. The van der Waals surface area contributed by atoms with Crippen molar-refractivity contribution in [2.24, 2.45) is 10.9 Å². The first-order valence-corrected chi connectivity index (χ1v) is 13.5. The van der Waals surface area contributed by atoms with Crippen molar-refractivity contribution < 1.29 is 13.5 Å². The maximum Gasteiger partial charge on any atom is 0.261 e. The number of anilines is 1. The lowest BCUT2D eigenvalue weighted by Crippen LogP contribution is -2.44. The molecular weight excluding hydrogens is 456 g/mol. The highest BCUT2D eigenvalue weighted by Crippen LogP contribution is 2.26. The van der Waals surface area contributed by atoms with Gasteiger partial charge in [0.15, 0.2) is 15.7 Å². The van der Waals surface area contributed by atoms with Crippen LogP contribution in [0.1, 0.15) is 26.7 Å². The SMILES string of the molecule is CC(/C=C\C(C)N1CCS(=O)(=O)CC1)=Nc1nc(N2CCC(CO)CC2)nc2cc[nH]c(=O)c12. The Morgan fingerprint density at radius 1 is 1.26 bits per heavy atom. The van der Waals surface area contributed by atoms with Crippen LogP contribution in [0.2, 0.25) is 0 Å². The smallest absolute Gasteiger partial charge is 0.261 e. The Bertz CT molecular complexity index is 1230. The number of aliphatic imine (C=N–C) groups is 1. The topological polar surface area (TPSA) is 132 Å². The summed E-state index contributed by atoms with van der Waals surface area (Å²) in [6, 6.07) is 1.81. The lowest BCUT2D eigenvalue weighted by atomic mass is 9.98. The van der Waals surface area contributed by atoms with Crippen LogP contribution >= 0.6 is 0 Å². The van der Waals surface area contributed by atoms with Gasteiger partial charge in [0.1, 0.15) is 5.39 Å². The van der Waals surface area contributed by atoms with Crippen molar-refractivity contribution in [2.75, 3.05) is 49.2 Å². The average Bonchev–Trinajstić information content (AvgIpc) is 2.82. The molecule has 1 atom stereocenters. The molecule has 4 rings (SSSR count). The average molecular weight is 489 g/mol. The van der Waals surface area contributed by atoms with E-state index in [4.69, 9.17) is 0 Å². The van der Waals surface area contributed by atoms with E-state index in [1.54, 1.807) is 12.3 Å². The number of nitrogens with one attached hydrogen (secondary N) is 1. The van der Waals surface area contributed by atoms with E-state index in [-0.39, 0.29) is 29.7 Å². The number of allylic oxidation sites excluding steroid dienone is 1. The second-order valence-corrected chi connectivity index (χ2v) is 11.4. The zero-order chi connectivity index (χ0) is 24.3. The molecule has 2 aromatic rings. The number of fused-ring (bicyclic) bond motifs is 1. The Hall–Kier alpha value is -2.63. The molecule has 4 heterocycles. The molecule has 0 aromatic carbocycles. The van der Waals surface area contributed by atoms with Gasteiger partial charge in [-0.3, -0.25) is 9.69 Å². The summed E-state index contributed by atoms with van der Waals surface area (Å²) in [5, 5.41) is 9.76. The molecule has 2 aliphatic rings. The van der Waals surface area contributed by atoms with Gasteiger partial charge in [-0.2, -0.15) is 4.98 Å². The highest BCUT2D eigenvalue weighted by molar-refractivity contribution is 7.91. The van der Waals surface area contributed by atoms with Gasteiger partial charge in [0, 0.05) is 50.7 Å². The standard InChI is InChI=1S/C23H32N6O4S/c1-16(3-4-17(2)28-11-13-34(32,33)14-12-28)25-21-20-19(5-8-24-22(20)31)26-23(27-21)29-9-6-18(15-30)7-10-29/h3-5,8,17-18,30H,6-7,9-15H2,1-2H3,(H,24,31)/b4-3-,25-16?. The second kappa shape index (κ2) is 10.3. The summed E-state index contributed by atoms with van der Waals surface area (Å²) in [6.45, 7) is 6.59. The molecule has 10 nitrogen and oxygen atoms in total. The minimum atomic E-state index is -2.92. The first-order chi connectivity index (χ1) is 16.3. The second-order valence-electron chi connectivity index (χ2n) is 9.07. The van der Waals surface area contributed by atoms with Crippen LogP contribution < -0.4 is 10.5 Å². The fraction of sp³-hybridized carbons (Fsp3) is 0.565. The van der Waals surface area contributed by atoms with E-state index in [9.17, 15) is 18.3 Å². The third kappa shape index (κ3) is 5.70. The first kappa shape index (κ1) is 24.5. The third-order valence-electron chi connectivity index (χ3n) is 6.60. The summed E-state index contributed by atoms with van der Waals surface area (Å²) in [4.78, 5) is 33.3. The predicted octanol–water partition coefficient (Wildman–Crippen LogP) is 1.29. The number of nitrogens with zero attached hydrogens (tertiary/aromatic N) is 5. The number of aromatic amines is 1. The number of aliphatic hydroxyl groups excluding tert-OH is 1. The summed E-state index contributed by atoms with van der Waals surface area (Å²) >= 11 is 0. The molecule has 2 saturated heterocycles. The van der Waals surface area contributed by atoms with E-state index in [1.807, 2.05) is 26.0 Å². The van der Waals surface area contributed by atoms with Crippen molar-refractivity contribution in [2.45, 2.75) is 32.7 Å². The van der Waals surface area contributed by atoms with Gasteiger partial charge in [0.05, 0.1) is 17.0 Å². The van der Waals surface area contributed by atoms with E-state index < -0.39 is 9.84 Å². The molecule has 184 valence electrons. The molecule has 2 N–H and O–H groups in total. The van der Waals surface area contributed by atoms with Crippen LogP contribution in [-0.4, -0.2) is 89.4 Å². The summed E-state index contributed by atoms with van der Waals surface area (Å²) in [5.74, 6) is 1.53. The molecule has 2 aromatic heterocycles. The Morgan fingerprint density at radius 3 is 2.65 bits per heavy atom. The highest BCUT2D eigenvalue weighted by atomic mass is 32.2. The first-order valence-electron chi connectivity index (χ1n) is 11.7. The Labute approximate surface area is 199 Å². The molecule has 2 aliphatic heterocycles. The number of H-pyrrole nitrogens is 1. The van der Waals surface area contributed by atoms with E-state index in [0.29, 0.717) is 47.4 Å². The fourth-order valence-electron chi connectivity index (χ4n) is 4.34. The molecule has 0 aliphatic carbocycles. The van der Waals surface area contributed by atoms with E-state index in [0.717, 1.165) is 25.9 Å². The van der Waals surface area contributed by atoms with Crippen molar-refractivity contribution in [3.8, 4) is 0 Å². The van der Waals surface area contributed by atoms with Crippen LogP contribution in [0, 0.1) is 5.92 Å². The van der Waals surface area contributed by atoms with Crippen LogP contribution in [-0.2, 0) is 9.84 Å². The highest BCUT2D eigenvalue weighted by Gasteiger charge is 2.24. The number of aliphatic hydroxyl groups is 1. The maximum absolute atomic E-state index is 12.6. The maximum atomic E-state index is 12.6. The molecule has 0 bridgehead atoms. The summed E-state index contributed by atoms with van der Waals surface area (Å²) in [7, 11) is -2.92. The van der Waals surface area contributed by atoms with Crippen molar-refractivity contribution in [1.82, 2.24) is 19.9 Å². The number of aromatic nitrogens is 3. The lowest BCUT2D eigenvalue weighted by molar-refractivity contribution is 0.202. The number of rotatable bonds is 6. The molecule has 34 heavy (non-hydrogen) atoms. The molecule has 0 radical (unpaired) electrons. The summed E-state index contributed by atoms with van der Waals surface area (Å²) < 4.78 is 23.4. The molecule has 0 spiro atoms. The van der Waals surface area contributed by atoms with E-state index in [1.165, 1.54) is 0 Å². The van der Waals surface area contributed by atoms with Gasteiger partial charge >= 0.3 is 0 Å². The van der Waals surface area contributed by atoms with E-state index >= 15 is 0 Å². The number of hydrogen-bond donors (Lipinski definition) is 2. The number of hydrogen-bond acceptors (Lipinski definition) is 9. The summed E-state index contributed by atoms with van der Waals surface area (Å²) in [5.41, 5.74) is 0.933. The van der Waals surface area contributed by atoms with Crippen molar-refractivity contribution in [1.29, 1.82) is 0 Å². The van der Waals surface area contributed by atoms with Crippen molar-refractivity contribution >= 4 is 38.2 Å². The quantitative estimate of drug-likeness (QED) is 0.582. The molecule has 2 fully saturated rings. The van der Waals surface area contributed by atoms with Crippen LogP contribution in [0.25, 0.3) is 10.9 Å². The van der Waals surface area contributed by atoms with Gasteiger partial charge in [0.25, 0.3) is 5.56 Å². The third-order valence-corrected chi connectivity index (χ3v) is 8.21. The molecule has 0 saturated carbocycles. The van der Waals surface area contributed by atoms with Crippen LogP contribution in [0.15, 0.2) is 34.2 Å². The van der Waals surface area contributed by atoms with Crippen LogP contribution in [0.4, 0.5) is 11.8 Å². The number of pyridine rings is 1. The van der Waals surface area contributed by atoms with Gasteiger partial charge < -0.3 is 15.0 Å². The van der Waals surface area contributed by atoms with Crippen molar-refractivity contribution in [3.63, 3.8) is 0 Å². The largest absolute Gasteiger partial charge is 0.396 e. The Kier molecular flexibility index (Phi) is 7.44. The Morgan fingerprint density at radius 2 is 1.97 bits per heavy atom. The van der Waals surface area contributed by atoms with Crippen LogP contribution in [0.5, 0.6) is 0 Å². The van der Waals surface area contributed by atoms with E-state index in [2.05, 4.69) is 29.7 Å². The molecule has 11 heteroatoms. The zero-order valence-electron chi connectivity index (χ0n) is 19.6. The van der Waals surface area contributed by atoms with Crippen molar-refractivity contribution in [3.05, 3.63) is 34.8 Å². The number of piperidine rings is 1. The van der Waals surface area contributed by atoms with Gasteiger partial charge in [-0.05, 0) is 44.7 Å².